The van der Waals surface area contributed by atoms with Crippen LogP contribution in [0.2, 0.25) is 0 Å². The SMILES string of the molecule is O=c1c2ccccc2[nH]c2c(CN3CCOCCOCCOCC3)cccc12. The van der Waals surface area contributed by atoms with Crippen LogP contribution >= 0.6 is 0 Å². The van der Waals surface area contributed by atoms with Gasteiger partial charge in [0.15, 0.2) is 5.43 Å². The fraction of sp³-hybridized carbons (Fsp3) is 0.409. The number of aromatic amines is 1. The van der Waals surface area contributed by atoms with E-state index >= 15 is 0 Å². The molecule has 1 N–H and O–H groups in total. The Morgan fingerprint density at radius 1 is 0.786 bits per heavy atom. The minimum absolute atomic E-state index is 0.0755. The number of ether oxygens (including phenoxy) is 3. The Balaban J connectivity index is 1.61. The van der Waals surface area contributed by atoms with E-state index in [2.05, 4.69) is 16.0 Å². The van der Waals surface area contributed by atoms with Crippen molar-refractivity contribution in [3.63, 3.8) is 0 Å². The van der Waals surface area contributed by atoms with Crippen molar-refractivity contribution in [2.45, 2.75) is 6.54 Å². The van der Waals surface area contributed by atoms with Crippen molar-refractivity contribution >= 4 is 21.8 Å². The molecule has 0 radical (unpaired) electrons. The molecule has 3 aromatic rings. The summed E-state index contributed by atoms with van der Waals surface area (Å²) in [7, 11) is 0. The molecule has 6 nitrogen and oxygen atoms in total. The molecule has 1 fully saturated rings. The molecule has 1 saturated heterocycles. The first kappa shape index (κ1) is 19.1. The van der Waals surface area contributed by atoms with E-state index in [1.165, 1.54) is 0 Å². The first-order chi connectivity index (χ1) is 13.8. The Morgan fingerprint density at radius 3 is 2.18 bits per heavy atom. The van der Waals surface area contributed by atoms with Crippen molar-refractivity contribution in [2.75, 3.05) is 52.7 Å². The standard InChI is InChI=1S/C22H26N2O4/c25-22-18-5-1-2-7-20(18)23-21-17(4-3-6-19(21)22)16-24-8-10-26-12-14-28-15-13-27-11-9-24/h1-7H,8-16H2,(H,23,25). The zero-order valence-corrected chi connectivity index (χ0v) is 16.0. The molecule has 0 atom stereocenters. The van der Waals surface area contributed by atoms with Gasteiger partial charge < -0.3 is 19.2 Å². The Kier molecular flexibility index (Phi) is 6.34. The molecule has 0 amide bonds. The maximum Gasteiger partial charge on any atom is 0.197 e. The molecule has 1 aliphatic heterocycles. The minimum atomic E-state index is 0.0755. The van der Waals surface area contributed by atoms with Gasteiger partial charge in [0, 0.05) is 35.9 Å². The van der Waals surface area contributed by atoms with E-state index in [9.17, 15) is 4.79 Å². The number of H-pyrrole nitrogens is 1. The van der Waals surface area contributed by atoms with Gasteiger partial charge in [-0.2, -0.15) is 0 Å². The molecule has 1 aliphatic rings. The second-order valence-electron chi connectivity index (χ2n) is 6.95. The molecule has 4 rings (SSSR count). The molecular formula is C22H26N2O4. The predicted octanol–water partition coefficient (Wildman–Crippen LogP) is 2.55. The Bertz CT molecular complexity index is 973. The number of aromatic nitrogens is 1. The predicted molar refractivity (Wildman–Crippen MR) is 110 cm³/mol. The molecule has 0 aliphatic carbocycles. The average molecular weight is 382 g/mol. The molecule has 0 unspecified atom stereocenters. The third-order valence-electron chi connectivity index (χ3n) is 5.07. The number of fused-ring (bicyclic) bond motifs is 2. The molecule has 6 heteroatoms. The first-order valence-electron chi connectivity index (χ1n) is 9.81. The van der Waals surface area contributed by atoms with Gasteiger partial charge in [0.1, 0.15) is 0 Å². The highest BCUT2D eigenvalue weighted by molar-refractivity contribution is 5.93. The van der Waals surface area contributed by atoms with E-state index < -0.39 is 0 Å². The Hall–Kier alpha value is -2.25. The quantitative estimate of drug-likeness (QED) is 0.690. The number of rotatable bonds is 2. The lowest BCUT2D eigenvalue weighted by Crippen LogP contribution is -2.32. The van der Waals surface area contributed by atoms with Gasteiger partial charge in [0.25, 0.3) is 0 Å². The van der Waals surface area contributed by atoms with E-state index in [0.29, 0.717) is 39.6 Å². The molecule has 0 spiro atoms. The van der Waals surface area contributed by atoms with Crippen molar-refractivity contribution in [1.82, 2.24) is 9.88 Å². The molecule has 0 bridgehead atoms. The lowest BCUT2D eigenvalue weighted by molar-refractivity contribution is -0.00684. The van der Waals surface area contributed by atoms with Gasteiger partial charge in [0.05, 0.1) is 45.2 Å². The first-order valence-corrected chi connectivity index (χ1v) is 9.81. The van der Waals surface area contributed by atoms with Crippen LogP contribution in [0.1, 0.15) is 5.56 Å². The summed E-state index contributed by atoms with van der Waals surface area (Å²) in [6.45, 7) is 6.02. The largest absolute Gasteiger partial charge is 0.378 e. The van der Waals surface area contributed by atoms with Gasteiger partial charge in [0.2, 0.25) is 0 Å². The average Bonchev–Trinajstić information content (AvgIpc) is 2.71. The van der Waals surface area contributed by atoms with Crippen LogP contribution in [0.4, 0.5) is 0 Å². The summed E-state index contributed by atoms with van der Waals surface area (Å²) in [5.74, 6) is 0. The molecule has 1 aromatic heterocycles. The zero-order valence-electron chi connectivity index (χ0n) is 16.0. The Labute approximate surface area is 164 Å². The van der Waals surface area contributed by atoms with Crippen LogP contribution in [-0.4, -0.2) is 62.6 Å². The number of pyridine rings is 1. The Morgan fingerprint density at radius 2 is 1.43 bits per heavy atom. The minimum Gasteiger partial charge on any atom is -0.378 e. The second kappa shape index (κ2) is 9.30. The molecule has 0 saturated carbocycles. The van der Waals surface area contributed by atoms with Crippen molar-refractivity contribution < 1.29 is 14.2 Å². The molecule has 2 heterocycles. The zero-order chi connectivity index (χ0) is 19.2. The number of benzene rings is 2. The van der Waals surface area contributed by atoms with Crippen LogP contribution in [0.15, 0.2) is 47.3 Å². The second-order valence-corrected chi connectivity index (χ2v) is 6.95. The van der Waals surface area contributed by atoms with E-state index in [0.717, 1.165) is 47.0 Å². The van der Waals surface area contributed by atoms with Crippen LogP contribution in [0.25, 0.3) is 21.8 Å². The lowest BCUT2D eigenvalue weighted by Gasteiger charge is -2.23. The van der Waals surface area contributed by atoms with Crippen LogP contribution in [0.5, 0.6) is 0 Å². The fourth-order valence-electron chi connectivity index (χ4n) is 3.58. The monoisotopic (exact) mass is 382 g/mol. The van der Waals surface area contributed by atoms with Crippen LogP contribution in [0.3, 0.4) is 0 Å². The maximum atomic E-state index is 12.9. The normalized spacial score (nSPS) is 18.0. The third kappa shape index (κ3) is 4.42. The third-order valence-corrected chi connectivity index (χ3v) is 5.07. The highest BCUT2D eigenvalue weighted by atomic mass is 16.5. The molecule has 148 valence electrons. The number of hydrogen-bond donors (Lipinski definition) is 1. The van der Waals surface area contributed by atoms with Crippen LogP contribution < -0.4 is 5.43 Å². The highest BCUT2D eigenvalue weighted by Gasteiger charge is 2.12. The van der Waals surface area contributed by atoms with Gasteiger partial charge in [-0.3, -0.25) is 9.69 Å². The summed E-state index contributed by atoms with van der Waals surface area (Å²) >= 11 is 0. The van der Waals surface area contributed by atoms with Gasteiger partial charge in [-0.15, -0.1) is 0 Å². The van der Waals surface area contributed by atoms with Crippen LogP contribution in [-0.2, 0) is 20.8 Å². The number of nitrogens with one attached hydrogen (secondary N) is 1. The van der Waals surface area contributed by atoms with Gasteiger partial charge >= 0.3 is 0 Å². The van der Waals surface area contributed by atoms with E-state index in [1.807, 2.05) is 36.4 Å². The number of nitrogens with zero attached hydrogens (tertiary/aromatic N) is 1. The van der Waals surface area contributed by atoms with Gasteiger partial charge in [-0.25, -0.2) is 0 Å². The summed E-state index contributed by atoms with van der Waals surface area (Å²) in [6.07, 6.45) is 0. The maximum absolute atomic E-state index is 12.9. The summed E-state index contributed by atoms with van der Waals surface area (Å²) in [5.41, 5.74) is 2.96. The van der Waals surface area contributed by atoms with Gasteiger partial charge in [-0.1, -0.05) is 24.3 Å². The molecular weight excluding hydrogens is 356 g/mol. The topological polar surface area (TPSA) is 63.8 Å². The van der Waals surface area contributed by atoms with Gasteiger partial charge in [-0.05, 0) is 23.8 Å². The summed E-state index contributed by atoms with van der Waals surface area (Å²) < 4.78 is 16.8. The van der Waals surface area contributed by atoms with E-state index in [1.54, 1.807) is 0 Å². The van der Waals surface area contributed by atoms with Crippen molar-refractivity contribution in [2.24, 2.45) is 0 Å². The lowest BCUT2D eigenvalue weighted by atomic mass is 10.1. The van der Waals surface area contributed by atoms with E-state index in [4.69, 9.17) is 14.2 Å². The van der Waals surface area contributed by atoms with E-state index in [-0.39, 0.29) is 5.43 Å². The molecule has 2 aromatic carbocycles. The van der Waals surface area contributed by atoms with Crippen molar-refractivity contribution in [3.05, 3.63) is 58.3 Å². The van der Waals surface area contributed by atoms with Crippen molar-refractivity contribution in [3.8, 4) is 0 Å². The highest BCUT2D eigenvalue weighted by Crippen LogP contribution is 2.19. The number of hydrogen-bond acceptors (Lipinski definition) is 5. The summed E-state index contributed by atoms with van der Waals surface area (Å²) in [5, 5.41) is 1.46. The smallest absolute Gasteiger partial charge is 0.197 e. The van der Waals surface area contributed by atoms with Crippen LogP contribution in [0, 0.1) is 0 Å². The summed E-state index contributed by atoms with van der Waals surface area (Å²) in [6, 6.07) is 13.6. The van der Waals surface area contributed by atoms with Crippen molar-refractivity contribution in [1.29, 1.82) is 0 Å². The number of para-hydroxylation sites is 2. The summed E-state index contributed by atoms with van der Waals surface area (Å²) in [4.78, 5) is 18.7. The fourth-order valence-corrected chi connectivity index (χ4v) is 3.58. The molecule has 28 heavy (non-hydrogen) atoms.